The van der Waals surface area contributed by atoms with E-state index in [1.807, 2.05) is 0 Å². The van der Waals surface area contributed by atoms with Gasteiger partial charge in [-0.2, -0.15) is 0 Å². The van der Waals surface area contributed by atoms with Crippen LogP contribution in [0.15, 0.2) is 23.4 Å². The molecule has 1 radical (unpaired) electrons. The smallest absolute Gasteiger partial charge is 0.309 e. The summed E-state index contributed by atoms with van der Waals surface area (Å²) in [6.07, 6.45) is 1.64. The Morgan fingerprint density at radius 1 is 1.69 bits per heavy atom. The molecular weight excluding hydrogens is 230 g/mol. The Morgan fingerprint density at radius 2 is 2.50 bits per heavy atom. The molecule has 1 rings (SSSR count). The third kappa shape index (κ3) is 4.31. The van der Waals surface area contributed by atoms with Crippen molar-refractivity contribution < 1.29 is 14.4 Å². The zero-order valence-corrected chi connectivity index (χ0v) is 9.53. The van der Waals surface area contributed by atoms with E-state index in [4.69, 9.17) is 16.4 Å². The number of nitrogens with zero attached hydrogens (tertiary/aromatic N) is 1. The maximum atomic E-state index is 10.7. The number of halogens is 1. The molecule has 0 bridgehead atoms. The van der Waals surface area contributed by atoms with Crippen molar-refractivity contribution in [3.05, 3.63) is 34.9 Å². The lowest BCUT2D eigenvalue weighted by molar-refractivity contribution is -0.141. The summed E-state index contributed by atoms with van der Waals surface area (Å²) in [6, 6.07) is 7.97. The van der Waals surface area contributed by atoms with Crippen LogP contribution in [0.4, 0.5) is 0 Å². The molecule has 4 nitrogen and oxygen atoms in total. The van der Waals surface area contributed by atoms with Gasteiger partial charge in [-0.25, -0.2) is 0 Å². The molecule has 5 heteroatoms. The number of methoxy groups -OCH3 is 1. The van der Waals surface area contributed by atoms with Crippen LogP contribution < -0.4 is 0 Å². The second-order valence-corrected chi connectivity index (χ2v) is 3.25. The van der Waals surface area contributed by atoms with E-state index in [0.29, 0.717) is 10.6 Å². The lowest BCUT2D eigenvalue weighted by Gasteiger charge is -1.98. The van der Waals surface area contributed by atoms with E-state index in [0.717, 1.165) is 0 Å². The maximum absolute atomic E-state index is 10.7. The summed E-state index contributed by atoms with van der Waals surface area (Å²) >= 11 is 5.87. The van der Waals surface area contributed by atoms with Crippen LogP contribution in [0.25, 0.3) is 0 Å². The van der Waals surface area contributed by atoms with Crippen LogP contribution in [0.3, 0.4) is 0 Å². The first kappa shape index (κ1) is 12.5. The van der Waals surface area contributed by atoms with Crippen molar-refractivity contribution in [2.24, 2.45) is 5.16 Å². The second-order valence-electron chi connectivity index (χ2n) is 2.84. The molecule has 0 aromatic heterocycles. The lowest BCUT2D eigenvalue weighted by atomic mass is 10.2. The molecule has 0 N–H and O–H groups in total. The number of benzene rings is 1. The molecule has 0 aliphatic rings. The SMILES string of the molecule is COC(=O)CCO/N=C/c1c[c]ccc1Cl. The van der Waals surface area contributed by atoms with E-state index in [-0.39, 0.29) is 19.0 Å². The fourth-order valence-electron chi connectivity index (χ4n) is 0.901. The van der Waals surface area contributed by atoms with Gasteiger partial charge in [-0.3, -0.25) is 4.79 Å². The largest absolute Gasteiger partial charge is 0.469 e. The van der Waals surface area contributed by atoms with Crippen molar-refractivity contribution in [3.63, 3.8) is 0 Å². The molecule has 1 aromatic carbocycles. The van der Waals surface area contributed by atoms with Crippen LogP contribution in [-0.2, 0) is 14.4 Å². The summed E-state index contributed by atoms with van der Waals surface area (Å²) in [7, 11) is 1.32. The average molecular weight is 241 g/mol. The highest BCUT2D eigenvalue weighted by molar-refractivity contribution is 6.33. The highest BCUT2D eigenvalue weighted by atomic mass is 35.5. The first-order valence-corrected chi connectivity index (χ1v) is 4.99. The molecule has 0 heterocycles. The van der Waals surface area contributed by atoms with E-state index in [2.05, 4.69) is 16.0 Å². The van der Waals surface area contributed by atoms with E-state index in [1.165, 1.54) is 13.3 Å². The minimum atomic E-state index is -0.332. The third-order valence-electron chi connectivity index (χ3n) is 1.73. The third-order valence-corrected chi connectivity index (χ3v) is 2.08. The molecule has 0 spiro atoms. The predicted molar refractivity (Wildman–Crippen MR) is 60.5 cm³/mol. The molecule has 0 saturated heterocycles. The van der Waals surface area contributed by atoms with Crippen LogP contribution in [0.1, 0.15) is 12.0 Å². The molecule has 0 amide bonds. The Morgan fingerprint density at radius 3 is 3.19 bits per heavy atom. The monoisotopic (exact) mass is 240 g/mol. The van der Waals surface area contributed by atoms with Crippen LogP contribution >= 0.6 is 11.6 Å². The highest BCUT2D eigenvalue weighted by Crippen LogP contribution is 2.11. The fraction of sp³-hybridized carbons (Fsp3) is 0.273. The number of carbonyl (C=O) groups is 1. The first-order chi connectivity index (χ1) is 7.74. The van der Waals surface area contributed by atoms with Gasteiger partial charge < -0.3 is 9.57 Å². The highest BCUT2D eigenvalue weighted by Gasteiger charge is 1.99. The van der Waals surface area contributed by atoms with Crippen LogP contribution in [0, 0.1) is 6.07 Å². The molecule has 1 aromatic rings. The quantitative estimate of drug-likeness (QED) is 0.343. The van der Waals surface area contributed by atoms with Crippen molar-refractivity contribution in [2.45, 2.75) is 6.42 Å². The van der Waals surface area contributed by atoms with Gasteiger partial charge in [0.25, 0.3) is 0 Å². The number of ether oxygens (including phenoxy) is 1. The number of hydrogen-bond acceptors (Lipinski definition) is 4. The molecule has 0 aliphatic heterocycles. The lowest BCUT2D eigenvalue weighted by Crippen LogP contribution is -2.03. The summed E-state index contributed by atoms with van der Waals surface area (Å²) in [5.74, 6) is -0.332. The molecule has 0 atom stereocenters. The molecule has 85 valence electrons. The Labute approximate surface area is 98.8 Å². The predicted octanol–water partition coefficient (Wildman–Crippen LogP) is 2.05. The molecule has 16 heavy (non-hydrogen) atoms. The Kier molecular flexibility index (Phi) is 5.36. The van der Waals surface area contributed by atoms with Crippen molar-refractivity contribution in [3.8, 4) is 0 Å². The summed E-state index contributed by atoms with van der Waals surface area (Å²) in [5, 5.41) is 4.24. The van der Waals surface area contributed by atoms with Gasteiger partial charge in [0.15, 0.2) is 0 Å². The minimum absolute atomic E-state index is 0.169. The molecule has 0 aliphatic carbocycles. The van der Waals surface area contributed by atoms with Crippen LogP contribution in [0.5, 0.6) is 0 Å². The van der Waals surface area contributed by atoms with E-state index >= 15 is 0 Å². The summed E-state index contributed by atoms with van der Waals surface area (Å²) in [6.45, 7) is 0.178. The van der Waals surface area contributed by atoms with Gasteiger partial charge in [0.2, 0.25) is 0 Å². The average Bonchev–Trinajstić information content (AvgIpc) is 2.30. The standard InChI is InChI=1S/C11H11ClNO3/c1-15-11(14)6-7-16-13-8-9-4-2-3-5-10(9)12/h3-5,8H,6-7H2,1H3/b13-8+. The van der Waals surface area contributed by atoms with Gasteiger partial charge >= 0.3 is 5.97 Å². The van der Waals surface area contributed by atoms with Crippen molar-refractivity contribution in [1.29, 1.82) is 0 Å². The number of carbonyl (C=O) groups excluding carboxylic acids is 1. The van der Waals surface area contributed by atoms with Crippen molar-refractivity contribution in [2.75, 3.05) is 13.7 Å². The maximum Gasteiger partial charge on any atom is 0.309 e. The number of hydrogen-bond donors (Lipinski definition) is 0. The number of oxime groups is 1. The van der Waals surface area contributed by atoms with E-state index in [9.17, 15) is 4.79 Å². The molecule has 0 fully saturated rings. The zero-order valence-electron chi connectivity index (χ0n) is 8.77. The molecule has 0 unspecified atom stereocenters. The minimum Gasteiger partial charge on any atom is -0.469 e. The van der Waals surface area contributed by atoms with Gasteiger partial charge in [0.05, 0.1) is 19.7 Å². The summed E-state index contributed by atoms with van der Waals surface area (Å²) in [4.78, 5) is 15.6. The van der Waals surface area contributed by atoms with Gasteiger partial charge in [-0.15, -0.1) is 0 Å². The zero-order chi connectivity index (χ0) is 11.8. The summed E-state index contributed by atoms with van der Waals surface area (Å²) < 4.78 is 4.44. The van der Waals surface area contributed by atoms with Crippen LogP contribution in [0.2, 0.25) is 5.02 Å². The van der Waals surface area contributed by atoms with Gasteiger partial charge in [0, 0.05) is 10.6 Å². The molecular formula is C11H11ClNO3. The summed E-state index contributed by atoms with van der Waals surface area (Å²) in [5.41, 5.74) is 0.710. The molecule has 0 saturated carbocycles. The van der Waals surface area contributed by atoms with Gasteiger partial charge in [-0.05, 0) is 18.2 Å². The topological polar surface area (TPSA) is 47.9 Å². The van der Waals surface area contributed by atoms with Crippen molar-refractivity contribution in [1.82, 2.24) is 0 Å². The fourth-order valence-corrected chi connectivity index (χ4v) is 1.07. The Bertz CT molecular complexity index is 379. The van der Waals surface area contributed by atoms with E-state index < -0.39 is 0 Å². The van der Waals surface area contributed by atoms with E-state index in [1.54, 1.807) is 18.2 Å². The number of esters is 1. The number of rotatable bonds is 5. The van der Waals surface area contributed by atoms with Crippen molar-refractivity contribution >= 4 is 23.8 Å². The van der Waals surface area contributed by atoms with Crippen LogP contribution in [-0.4, -0.2) is 25.9 Å². The normalized spacial score (nSPS) is 10.4. The Hall–Kier alpha value is -1.55. The van der Waals surface area contributed by atoms with Gasteiger partial charge in [0.1, 0.15) is 6.61 Å². The Balaban J connectivity index is 2.33. The second kappa shape index (κ2) is 6.85. The first-order valence-electron chi connectivity index (χ1n) is 4.62. The van der Waals surface area contributed by atoms with Gasteiger partial charge in [-0.1, -0.05) is 22.8 Å².